The molecule has 21 heavy (non-hydrogen) atoms. The fraction of sp³-hybridized carbons (Fsp3) is 0.333. The molecular formula is C15H16F3N2O. The highest BCUT2D eigenvalue weighted by molar-refractivity contribution is 5.91. The molecule has 0 bridgehead atoms. The molecule has 1 radical (unpaired) electrons. The third kappa shape index (κ3) is 4.24. The predicted molar refractivity (Wildman–Crippen MR) is 76.1 cm³/mol. The first-order chi connectivity index (χ1) is 9.89. The summed E-state index contributed by atoms with van der Waals surface area (Å²) < 4.78 is 40.6. The summed E-state index contributed by atoms with van der Waals surface area (Å²) in [4.78, 5) is 4.09. The van der Waals surface area contributed by atoms with Gasteiger partial charge >= 0.3 is 6.36 Å². The zero-order valence-electron chi connectivity index (χ0n) is 11.7. The molecule has 0 fully saturated rings. The Labute approximate surface area is 121 Å². The summed E-state index contributed by atoms with van der Waals surface area (Å²) in [6.45, 7) is 4.01. The van der Waals surface area contributed by atoms with E-state index in [1.807, 2.05) is 13.8 Å². The van der Waals surface area contributed by atoms with Crippen LogP contribution in [-0.2, 0) is 0 Å². The van der Waals surface area contributed by atoms with Crippen LogP contribution in [-0.4, -0.2) is 17.4 Å². The molecule has 3 nitrogen and oxygen atoms in total. The summed E-state index contributed by atoms with van der Waals surface area (Å²) in [7, 11) is 0. The number of rotatable bonds is 5. The average Bonchev–Trinajstić information content (AvgIpc) is 2.37. The average molecular weight is 297 g/mol. The van der Waals surface area contributed by atoms with Crippen molar-refractivity contribution in [1.29, 1.82) is 0 Å². The third-order valence-electron chi connectivity index (χ3n) is 2.94. The lowest BCUT2D eigenvalue weighted by Gasteiger charge is -2.16. The highest BCUT2D eigenvalue weighted by Gasteiger charge is 2.31. The molecule has 0 amide bonds. The Balaban J connectivity index is 2.29. The second kappa shape index (κ2) is 6.20. The minimum atomic E-state index is -4.70. The molecule has 0 aliphatic rings. The number of nitrogens with one attached hydrogen (secondary N) is 1. The van der Waals surface area contributed by atoms with Crippen molar-refractivity contribution in [1.82, 2.24) is 4.98 Å². The maximum atomic E-state index is 12.2. The van der Waals surface area contributed by atoms with E-state index in [9.17, 15) is 13.2 Å². The molecule has 1 N–H and O–H groups in total. The molecule has 1 aromatic heterocycles. The van der Waals surface area contributed by atoms with Gasteiger partial charge in [-0.15, -0.1) is 13.2 Å². The molecule has 1 atom stereocenters. The monoisotopic (exact) mass is 297 g/mol. The van der Waals surface area contributed by atoms with E-state index in [0.29, 0.717) is 5.52 Å². The van der Waals surface area contributed by atoms with Gasteiger partial charge in [0.05, 0.1) is 5.52 Å². The fourth-order valence-corrected chi connectivity index (χ4v) is 2.13. The van der Waals surface area contributed by atoms with E-state index < -0.39 is 6.36 Å². The molecule has 2 aromatic rings. The number of halogens is 3. The van der Waals surface area contributed by atoms with Gasteiger partial charge in [-0.2, -0.15) is 0 Å². The summed E-state index contributed by atoms with van der Waals surface area (Å²) in [5.41, 5.74) is 1.29. The number of ether oxygens (including phenoxy) is 1. The molecule has 2 rings (SSSR count). The summed E-state index contributed by atoms with van der Waals surface area (Å²) in [6.07, 6.45) is -0.200. The van der Waals surface area contributed by atoms with E-state index in [2.05, 4.69) is 21.5 Å². The summed E-state index contributed by atoms with van der Waals surface area (Å²) in [5.74, 6) is -0.269. The lowest BCUT2D eigenvalue weighted by Crippen LogP contribution is -2.17. The Morgan fingerprint density at radius 3 is 2.76 bits per heavy atom. The van der Waals surface area contributed by atoms with Crippen LogP contribution in [0.25, 0.3) is 10.9 Å². The minimum Gasteiger partial charge on any atom is -0.406 e. The van der Waals surface area contributed by atoms with E-state index in [4.69, 9.17) is 0 Å². The summed E-state index contributed by atoms with van der Waals surface area (Å²) >= 11 is 0. The Bertz CT molecular complexity index is 613. The smallest absolute Gasteiger partial charge is 0.406 e. The van der Waals surface area contributed by atoms with Gasteiger partial charge in [0.25, 0.3) is 0 Å². The van der Waals surface area contributed by atoms with Crippen LogP contribution >= 0.6 is 0 Å². The molecule has 0 spiro atoms. The highest BCUT2D eigenvalue weighted by atomic mass is 19.4. The van der Waals surface area contributed by atoms with Gasteiger partial charge in [-0.3, -0.25) is 4.98 Å². The third-order valence-corrected chi connectivity index (χ3v) is 2.94. The van der Waals surface area contributed by atoms with Crippen molar-refractivity contribution in [3.05, 3.63) is 36.9 Å². The topological polar surface area (TPSA) is 34.2 Å². The van der Waals surface area contributed by atoms with Crippen LogP contribution in [0.1, 0.15) is 20.3 Å². The van der Waals surface area contributed by atoms with Crippen molar-refractivity contribution in [2.24, 2.45) is 0 Å². The number of hydrogen-bond donors (Lipinski definition) is 1. The molecule has 0 saturated carbocycles. The van der Waals surface area contributed by atoms with E-state index >= 15 is 0 Å². The summed E-state index contributed by atoms with van der Waals surface area (Å²) in [6, 6.07) is 6.18. The maximum Gasteiger partial charge on any atom is 0.573 e. The second-order valence-corrected chi connectivity index (χ2v) is 4.77. The number of alkyl halides is 3. The Hall–Kier alpha value is -1.98. The van der Waals surface area contributed by atoms with E-state index in [0.717, 1.165) is 17.5 Å². The van der Waals surface area contributed by atoms with Crippen molar-refractivity contribution in [2.75, 3.05) is 5.32 Å². The Morgan fingerprint density at radius 2 is 2.10 bits per heavy atom. The largest absolute Gasteiger partial charge is 0.573 e. The predicted octanol–water partition coefficient (Wildman–Crippen LogP) is 4.55. The van der Waals surface area contributed by atoms with Gasteiger partial charge in [0.2, 0.25) is 0 Å². The van der Waals surface area contributed by atoms with Crippen LogP contribution in [0.4, 0.5) is 18.9 Å². The van der Waals surface area contributed by atoms with Crippen LogP contribution in [0.2, 0.25) is 0 Å². The molecule has 6 heteroatoms. The van der Waals surface area contributed by atoms with Gasteiger partial charge in [-0.1, -0.05) is 6.92 Å². The zero-order valence-corrected chi connectivity index (χ0v) is 11.7. The first kappa shape index (κ1) is 15.4. The Morgan fingerprint density at radius 1 is 1.33 bits per heavy atom. The van der Waals surface area contributed by atoms with Crippen LogP contribution in [0, 0.1) is 6.42 Å². The SMILES string of the molecule is C[CH]CC(C)Nc1ccnc2cc(OC(F)(F)F)ccc12. The molecular weight excluding hydrogens is 281 g/mol. The molecule has 0 aliphatic carbocycles. The minimum absolute atomic E-state index is 0.228. The lowest BCUT2D eigenvalue weighted by molar-refractivity contribution is -0.274. The van der Waals surface area contributed by atoms with Crippen molar-refractivity contribution < 1.29 is 17.9 Å². The van der Waals surface area contributed by atoms with Crippen molar-refractivity contribution in [2.45, 2.75) is 32.7 Å². The van der Waals surface area contributed by atoms with Crippen molar-refractivity contribution in [3.8, 4) is 5.75 Å². The first-order valence-electron chi connectivity index (χ1n) is 6.58. The quantitative estimate of drug-likeness (QED) is 0.879. The highest BCUT2D eigenvalue weighted by Crippen LogP contribution is 2.29. The molecule has 0 aliphatic heterocycles. The van der Waals surface area contributed by atoms with Gasteiger partial charge in [0.1, 0.15) is 5.75 Å². The van der Waals surface area contributed by atoms with Crippen LogP contribution < -0.4 is 10.1 Å². The van der Waals surface area contributed by atoms with E-state index in [1.54, 1.807) is 18.3 Å². The molecule has 1 unspecified atom stereocenters. The fourth-order valence-electron chi connectivity index (χ4n) is 2.13. The van der Waals surface area contributed by atoms with Crippen molar-refractivity contribution in [3.63, 3.8) is 0 Å². The number of fused-ring (bicyclic) bond motifs is 1. The molecule has 113 valence electrons. The van der Waals surface area contributed by atoms with E-state index in [1.165, 1.54) is 12.1 Å². The molecule has 0 saturated heterocycles. The number of anilines is 1. The van der Waals surface area contributed by atoms with Crippen LogP contribution in [0.5, 0.6) is 5.75 Å². The first-order valence-corrected chi connectivity index (χ1v) is 6.58. The number of pyridine rings is 1. The van der Waals surface area contributed by atoms with Gasteiger partial charge in [0, 0.05) is 29.4 Å². The standard InChI is InChI=1S/C15H16F3N2O/c1-3-4-10(2)20-13-7-8-19-14-9-11(5-6-12(13)14)21-15(16,17)18/h3,5-10H,4H2,1-2H3,(H,19,20). The maximum absolute atomic E-state index is 12.2. The number of hydrogen-bond acceptors (Lipinski definition) is 3. The van der Waals surface area contributed by atoms with Gasteiger partial charge < -0.3 is 10.1 Å². The van der Waals surface area contributed by atoms with Crippen LogP contribution in [0.3, 0.4) is 0 Å². The Kier molecular flexibility index (Phi) is 4.55. The number of benzene rings is 1. The lowest BCUT2D eigenvalue weighted by atomic mass is 10.1. The number of nitrogens with zero attached hydrogens (tertiary/aromatic N) is 1. The summed E-state index contributed by atoms with van der Waals surface area (Å²) in [5, 5.41) is 4.08. The number of aromatic nitrogens is 1. The van der Waals surface area contributed by atoms with Gasteiger partial charge in [0.15, 0.2) is 0 Å². The molecule has 1 aromatic carbocycles. The van der Waals surface area contributed by atoms with Crippen LogP contribution in [0.15, 0.2) is 30.5 Å². The second-order valence-electron chi connectivity index (χ2n) is 4.77. The molecule has 1 heterocycles. The van der Waals surface area contributed by atoms with Gasteiger partial charge in [-0.05, 0) is 38.0 Å². The zero-order chi connectivity index (χ0) is 15.5. The normalized spacial score (nSPS) is 13.2. The van der Waals surface area contributed by atoms with Gasteiger partial charge in [-0.25, -0.2) is 0 Å². The van der Waals surface area contributed by atoms with Crippen molar-refractivity contribution >= 4 is 16.6 Å². The van der Waals surface area contributed by atoms with E-state index in [-0.39, 0.29) is 11.8 Å².